The number of rotatable bonds is 10. The third-order valence-electron chi connectivity index (χ3n) is 4.99. The van der Waals surface area contributed by atoms with Gasteiger partial charge in [-0.3, -0.25) is 24.5 Å². The van der Waals surface area contributed by atoms with Gasteiger partial charge in [-0.15, -0.1) is 0 Å². The number of nitro benzene ring substituents is 1. The molecule has 9 nitrogen and oxygen atoms in total. The van der Waals surface area contributed by atoms with Crippen molar-refractivity contribution in [2.75, 3.05) is 20.3 Å². The van der Waals surface area contributed by atoms with E-state index >= 15 is 0 Å². The summed E-state index contributed by atoms with van der Waals surface area (Å²) in [6, 6.07) is 3.99. The van der Waals surface area contributed by atoms with E-state index in [2.05, 4.69) is 0 Å². The van der Waals surface area contributed by atoms with Crippen molar-refractivity contribution in [1.82, 2.24) is 4.90 Å². The summed E-state index contributed by atoms with van der Waals surface area (Å²) >= 11 is 0. The topological polar surface area (TPSA) is 116 Å². The van der Waals surface area contributed by atoms with E-state index in [0.717, 1.165) is 32.1 Å². The van der Waals surface area contributed by atoms with Gasteiger partial charge in [-0.05, 0) is 31.4 Å². The van der Waals surface area contributed by atoms with Crippen LogP contribution in [0.15, 0.2) is 18.2 Å². The van der Waals surface area contributed by atoms with Crippen LogP contribution in [0.1, 0.15) is 55.3 Å². The van der Waals surface area contributed by atoms with Crippen LogP contribution in [0.3, 0.4) is 0 Å². The van der Waals surface area contributed by atoms with E-state index in [1.54, 1.807) is 4.90 Å². The van der Waals surface area contributed by atoms with E-state index in [0.29, 0.717) is 18.5 Å². The molecule has 1 amide bonds. The van der Waals surface area contributed by atoms with Gasteiger partial charge in [0.05, 0.1) is 24.2 Å². The van der Waals surface area contributed by atoms with E-state index in [4.69, 9.17) is 9.47 Å². The molecule has 1 saturated carbocycles. The zero-order chi connectivity index (χ0) is 21.2. The number of amides is 1. The second-order valence-electron chi connectivity index (χ2n) is 6.94. The number of hydrogen-bond donors (Lipinski definition) is 0. The molecule has 1 aromatic carbocycles. The monoisotopic (exact) mass is 406 g/mol. The van der Waals surface area contributed by atoms with Crippen molar-refractivity contribution in [1.29, 1.82) is 0 Å². The van der Waals surface area contributed by atoms with Crippen LogP contribution in [0.5, 0.6) is 5.75 Å². The fraction of sp³-hybridized carbons (Fsp3) is 0.550. The first-order valence-electron chi connectivity index (χ1n) is 9.69. The Kier molecular flexibility index (Phi) is 8.57. The Labute approximate surface area is 169 Å². The maximum absolute atomic E-state index is 12.7. The maximum atomic E-state index is 12.7. The zero-order valence-corrected chi connectivity index (χ0v) is 16.5. The molecule has 0 aromatic heterocycles. The lowest BCUT2D eigenvalue weighted by atomic mass is 9.94. The maximum Gasteiger partial charge on any atom is 0.325 e. The molecule has 29 heavy (non-hydrogen) atoms. The summed E-state index contributed by atoms with van der Waals surface area (Å²) in [5, 5.41) is 10.9. The Hall–Kier alpha value is -2.97. The highest BCUT2D eigenvalue weighted by atomic mass is 16.6. The summed E-state index contributed by atoms with van der Waals surface area (Å²) < 4.78 is 10.2. The van der Waals surface area contributed by atoms with Gasteiger partial charge in [-0.2, -0.15) is 0 Å². The van der Waals surface area contributed by atoms with Gasteiger partial charge < -0.3 is 14.4 Å². The van der Waals surface area contributed by atoms with E-state index in [1.807, 2.05) is 0 Å². The minimum Gasteiger partial charge on any atom is -0.494 e. The fourth-order valence-electron chi connectivity index (χ4n) is 3.46. The van der Waals surface area contributed by atoms with Gasteiger partial charge in [-0.1, -0.05) is 19.3 Å². The molecular formula is C20H26N2O7. The van der Waals surface area contributed by atoms with Crippen LogP contribution in [0.2, 0.25) is 0 Å². The van der Waals surface area contributed by atoms with Gasteiger partial charge in [0.25, 0.3) is 5.69 Å². The summed E-state index contributed by atoms with van der Waals surface area (Å²) in [6.45, 7) is 0.157. The summed E-state index contributed by atoms with van der Waals surface area (Å²) in [4.78, 5) is 47.2. The average molecular weight is 406 g/mol. The minimum absolute atomic E-state index is 0.0497. The molecule has 0 bridgehead atoms. The van der Waals surface area contributed by atoms with Crippen molar-refractivity contribution in [3.8, 4) is 5.75 Å². The molecule has 9 heteroatoms. The average Bonchev–Trinajstić information content (AvgIpc) is 2.74. The standard InChI is InChI=1S/C20H26N2O7/c1-28-20(25)13-21(16-6-3-2-4-7-16)19(24)8-5-11-29-17-9-10-18(22(26)27)15(12-17)14-23/h9-10,12,14,16H,2-8,11,13H2,1H3. The van der Waals surface area contributed by atoms with Gasteiger partial charge in [0.15, 0.2) is 6.29 Å². The number of hydrogen-bond acceptors (Lipinski definition) is 7. The van der Waals surface area contributed by atoms with Crippen LogP contribution in [0.4, 0.5) is 5.69 Å². The summed E-state index contributed by atoms with van der Waals surface area (Å²) in [7, 11) is 1.30. The lowest BCUT2D eigenvalue weighted by molar-refractivity contribution is -0.385. The van der Waals surface area contributed by atoms with Crippen LogP contribution in [-0.2, 0) is 14.3 Å². The number of nitrogens with zero attached hydrogens (tertiary/aromatic N) is 2. The predicted molar refractivity (Wildman–Crippen MR) is 104 cm³/mol. The normalized spacial score (nSPS) is 14.1. The molecule has 0 heterocycles. The first-order valence-corrected chi connectivity index (χ1v) is 9.69. The summed E-state index contributed by atoms with van der Waals surface area (Å²) in [5.41, 5.74) is -0.349. The number of nitro groups is 1. The third kappa shape index (κ3) is 6.55. The highest BCUT2D eigenvalue weighted by Crippen LogP contribution is 2.24. The second-order valence-corrected chi connectivity index (χ2v) is 6.94. The van der Waals surface area contributed by atoms with E-state index in [9.17, 15) is 24.5 Å². The zero-order valence-electron chi connectivity index (χ0n) is 16.5. The van der Waals surface area contributed by atoms with Gasteiger partial charge in [-0.25, -0.2) is 0 Å². The minimum atomic E-state index is -0.632. The SMILES string of the molecule is COC(=O)CN(C(=O)CCCOc1ccc([N+](=O)[O-])c(C=O)c1)C1CCCCC1. The summed E-state index contributed by atoms with van der Waals surface area (Å²) in [6.07, 6.45) is 6.02. The Balaban J connectivity index is 1.88. The van der Waals surface area contributed by atoms with Crippen molar-refractivity contribution in [2.45, 2.75) is 51.0 Å². The molecule has 1 aliphatic rings. The van der Waals surface area contributed by atoms with Gasteiger partial charge in [0, 0.05) is 18.5 Å². The number of carbonyl (C=O) groups is 3. The molecule has 0 spiro atoms. The predicted octanol–water partition coefficient (Wildman–Crippen LogP) is 2.90. The highest BCUT2D eigenvalue weighted by molar-refractivity contribution is 5.83. The van der Waals surface area contributed by atoms with E-state index < -0.39 is 10.9 Å². The first-order chi connectivity index (χ1) is 14.0. The fourth-order valence-corrected chi connectivity index (χ4v) is 3.46. The molecule has 1 fully saturated rings. The Morgan fingerprint density at radius 2 is 2.00 bits per heavy atom. The van der Waals surface area contributed by atoms with Crippen molar-refractivity contribution < 1.29 is 28.8 Å². The number of aldehydes is 1. The number of benzene rings is 1. The van der Waals surface area contributed by atoms with Crippen LogP contribution >= 0.6 is 0 Å². The number of methoxy groups -OCH3 is 1. The van der Waals surface area contributed by atoms with Gasteiger partial charge >= 0.3 is 5.97 Å². The number of ether oxygens (including phenoxy) is 2. The van der Waals surface area contributed by atoms with Crippen molar-refractivity contribution in [3.05, 3.63) is 33.9 Å². The Bertz CT molecular complexity index is 744. The molecule has 0 atom stereocenters. The Morgan fingerprint density at radius 1 is 1.28 bits per heavy atom. The van der Waals surface area contributed by atoms with E-state index in [-0.39, 0.29) is 42.8 Å². The molecule has 0 saturated heterocycles. The third-order valence-corrected chi connectivity index (χ3v) is 4.99. The lowest BCUT2D eigenvalue weighted by Gasteiger charge is -2.33. The van der Waals surface area contributed by atoms with Crippen LogP contribution in [-0.4, -0.2) is 54.3 Å². The quantitative estimate of drug-likeness (QED) is 0.193. The van der Waals surface area contributed by atoms with Crippen LogP contribution in [0, 0.1) is 10.1 Å². The summed E-state index contributed by atoms with van der Waals surface area (Å²) in [5.74, 6) is -0.237. The van der Waals surface area contributed by atoms with Gasteiger partial charge in [0.1, 0.15) is 12.3 Å². The Morgan fingerprint density at radius 3 is 2.62 bits per heavy atom. The molecule has 1 aromatic rings. The van der Waals surface area contributed by atoms with Crippen molar-refractivity contribution in [2.24, 2.45) is 0 Å². The highest BCUT2D eigenvalue weighted by Gasteiger charge is 2.27. The van der Waals surface area contributed by atoms with Crippen LogP contribution in [0.25, 0.3) is 0 Å². The van der Waals surface area contributed by atoms with Crippen molar-refractivity contribution >= 4 is 23.9 Å². The molecular weight excluding hydrogens is 380 g/mol. The number of esters is 1. The first kappa shape index (κ1) is 22.3. The van der Waals surface area contributed by atoms with Gasteiger partial charge in [0.2, 0.25) is 5.91 Å². The molecule has 2 rings (SSSR count). The lowest BCUT2D eigenvalue weighted by Crippen LogP contribution is -2.44. The largest absolute Gasteiger partial charge is 0.494 e. The number of carbonyl (C=O) groups excluding carboxylic acids is 3. The smallest absolute Gasteiger partial charge is 0.325 e. The van der Waals surface area contributed by atoms with E-state index in [1.165, 1.54) is 25.3 Å². The molecule has 158 valence electrons. The molecule has 0 N–H and O–H groups in total. The molecule has 0 aliphatic heterocycles. The molecule has 1 aliphatic carbocycles. The molecule has 0 unspecified atom stereocenters. The van der Waals surface area contributed by atoms with Crippen LogP contribution < -0.4 is 4.74 Å². The molecule has 0 radical (unpaired) electrons. The van der Waals surface area contributed by atoms with Crippen molar-refractivity contribution in [3.63, 3.8) is 0 Å². The second kappa shape index (κ2) is 11.1.